The average molecular weight is 491 g/mol. The van der Waals surface area contributed by atoms with E-state index in [-0.39, 0.29) is 17.9 Å². The summed E-state index contributed by atoms with van der Waals surface area (Å²) in [7, 11) is 1.53. The highest BCUT2D eigenvalue weighted by Crippen LogP contribution is 2.30. The number of anilines is 1. The van der Waals surface area contributed by atoms with E-state index in [1.165, 1.54) is 19.3 Å². The molecule has 0 unspecified atom stereocenters. The van der Waals surface area contributed by atoms with Gasteiger partial charge in [0, 0.05) is 16.7 Å². The molecule has 0 aromatic heterocycles. The zero-order chi connectivity index (χ0) is 25.1. The summed E-state index contributed by atoms with van der Waals surface area (Å²) in [4.78, 5) is 39.3. The van der Waals surface area contributed by atoms with Gasteiger partial charge < -0.3 is 9.47 Å². The number of imide groups is 2. The normalized spacial score (nSPS) is 14.8. The molecule has 0 saturated carbocycles. The highest BCUT2D eigenvalue weighted by atomic mass is 35.5. The molecule has 1 fully saturated rings. The summed E-state index contributed by atoms with van der Waals surface area (Å²) in [6.45, 7) is 4.08. The van der Waals surface area contributed by atoms with Crippen molar-refractivity contribution >= 4 is 41.2 Å². The number of urea groups is 1. The molecule has 0 atom stereocenters. The van der Waals surface area contributed by atoms with E-state index in [0.717, 1.165) is 21.6 Å². The summed E-state index contributed by atoms with van der Waals surface area (Å²) in [5, 5.41) is 2.61. The Bertz CT molecular complexity index is 1350. The lowest BCUT2D eigenvalue weighted by Gasteiger charge is -2.26. The minimum Gasteiger partial charge on any atom is -0.497 e. The first-order valence-corrected chi connectivity index (χ1v) is 11.2. The summed E-state index contributed by atoms with van der Waals surface area (Å²) in [6, 6.07) is 16.9. The Morgan fingerprint density at radius 3 is 2.40 bits per heavy atom. The van der Waals surface area contributed by atoms with Crippen LogP contribution in [0.25, 0.3) is 6.08 Å². The molecule has 4 rings (SSSR count). The van der Waals surface area contributed by atoms with E-state index < -0.39 is 17.8 Å². The van der Waals surface area contributed by atoms with Gasteiger partial charge in [0.05, 0.1) is 12.8 Å². The molecule has 35 heavy (non-hydrogen) atoms. The number of carbonyl (C=O) groups excluding carboxylic acids is 3. The first kappa shape index (κ1) is 24.0. The molecule has 4 amide bonds. The van der Waals surface area contributed by atoms with Gasteiger partial charge in [-0.25, -0.2) is 9.69 Å². The minimum atomic E-state index is -0.845. The Morgan fingerprint density at radius 1 is 0.971 bits per heavy atom. The highest BCUT2D eigenvalue weighted by Gasteiger charge is 2.37. The molecule has 178 valence electrons. The van der Waals surface area contributed by atoms with Crippen LogP contribution in [0.1, 0.15) is 22.3 Å². The second-order valence-electron chi connectivity index (χ2n) is 8.07. The van der Waals surface area contributed by atoms with Crippen LogP contribution in [0.15, 0.2) is 66.2 Å². The molecule has 0 radical (unpaired) electrons. The lowest BCUT2D eigenvalue weighted by Crippen LogP contribution is -2.54. The van der Waals surface area contributed by atoms with Crippen molar-refractivity contribution in [3.05, 3.63) is 93.5 Å². The number of rotatable bonds is 6. The van der Waals surface area contributed by atoms with Crippen LogP contribution in [0, 0.1) is 13.8 Å². The molecule has 1 saturated heterocycles. The first-order chi connectivity index (χ1) is 16.8. The third kappa shape index (κ3) is 5.20. The van der Waals surface area contributed by atoms with Gasteiger partial charge in [-0.3, -0.25) is 14.9 Å². The van der Waals surface area contributed by atoms with Gasteiger partial charge in [0.15, 0.2) is 0 Å². The van der Waals surface area contributed by atoms with Gasteiger partial charge in [-0.2, -0.15) is 0 Å². The van der Waals surface area contributed by atoms with Crippen molar-refractivity contribution in [2.24, 2.45) is 0 Å². The molecule has 3 aromatic carbocycles. The third-order valence-corrected chi connectivity index (χ3v) is 5.96. The molecule has 3 aromatic rings. The predicted molar refractivity (Wildman–Crippen MR) is 134 cm³/mol. The van der Waals surface area contributed by atoms with E-state index in [1.54, 1.807) is 37.3 Å². The molecule has 0 aliphatic carbocycles. The molecule has 1 N–H and O–H groups in total. The van der Waals surface area contributed by atoms with Crippen molar-refractivity contribution in [3.8, 4) is 11.5 Å². The Kier molecular flexibility index (Phi) is 6.89. The molecule has 0 spiro atoms. The summed E-state index contributed by atoms with van der Waals surface area (Å²) >= 11 is 6.19. The van der Waals surface area contributed by atoms with E-state index in [2.05, 4.69) is 5.32 Å². The maximum Gasteiger partial charge on any atom is 0.335 e. The van der Waals surface area contributed by atoms with Crippen molar-refractivity contribution in [1.29, 1.82) is 0 Å². The van der Waals surface area contributed by atoms with Crippen LogP contribution in [-0.4, -0.2) is 25.0 Å². The summed E-state index contributed by atoms with van der Waals surface area (Å²) in [5.74, 6) is -0.592. The highest BCUT2D eigenvalue weighted by molar-refractivity contribution is 6.39. The Hall–Kier alpha value is -4.10. The average Bonchev–Trinajstić information content (AvgIpc) is 2.84. The van der Waals surface area contributed by atoms with Crippen LogP contribution in [-0.2, 0) is 16.2 Å². The number of benzene rings is 3. The van der Waals surface area contributed by atoms with Gasteiger partial charge in [0.25, 0.3) is 11.8 Å². The number of barbiturate groups is 1. The van der Waals surface area contributed by atoms with Crippen LogP contribution in [0.2, 0.25) is 5.02 Å². The lowest BCUT2D eigenvalue weighted by molar-refractivity contribution is -0.122. The van der Waals surface area contributed by atoms with E-state index in [9.17, 15) is 14.4 Å². The van der Waals surface area contributed by atoms with Gasteiger partial charge in [-0.15, -0.1) is 0 Å². The summed E-state index contributed by atoms with van der Waals surface area (Å²) in [6.07, 6.45) is 1.40. The topological polar surface area (TPSA) is 84.9 Å². The Labute approximate surface area is 207 Å². The number of amides is 4. The minimum absolute atomic E-state index is 0.216. The molecular weight excluding hydrogens is 468 g/mol. The second-order valence-corrected chi connectivity index (χ2v) is 8.48. The number of nitrogens with zero attached hydrogens (tertiary/aromatic N) is 1. The van der Waals surface area contributed by atoms with Crippen molar-refractivity contribution in [2.45, 2.75) is 20.5 Å². The van der Waals surface area contributed by atoms with Gasteiger partial charge in [0.1, 0.15) is 23.7 Å². The van der Waals surface area contributed by atoms with Crippen molar-refractivity contribution in [3.63, 3.8) is 0 Å². The fraction of sp³-hybridized carbons (Fsp3) is 0.148. The smallest absolute Gasteiger partial charge is 0.335 e. The zero-order valence-corrected chi connectivity index (χ0v) is 20.2. The maximum atomic E-state index is 13.3. The Morgan fingerprint density at radius 2 is 1.71 bits per heavy atom. The van der Waals surface area contributed by atoms with E-state index >= 15 is 0 Å². The summed E-state index contributed by atoms with van der Waals surface area (Å²) < 4.78 is 11.3. The quantitative estimate of drug-likeness (QED) is 0.378. The largest absolute Gasteiger partial charge is 0.497 e. The van der Waals surface area contributed by atoms with Crippen molar-refractivity contribution in [1.82, 2.24) is 5.32 Å². The van der Waals surface area contributed by atoms with Crippen LogP contribution in [0.3, 0.4) is 0 Å². The number of carbonyl (C=O) groups is 3. The Balaban J connectivity index is 1.68. The van der Waals surface area contributed by atoms with Gasteiger partial charge in [0.2, 0.25) is 0 Å². The number of halogens is 1. The van der Waals surface area contributed by atoms with E-state index in [1.807, 2.05) is 31.2 Å². The van der Waals surface area contributed by atoms with Gasteiger partial charge >= 0.3 is 6.03 Å². The summed E-state index contributed by atoms with van der Waals surface area (Å²) in [5.41, 5.74) is 3.40. The van der Waals surface area contributed by atoms with Crippen molar-refractivity contribution in [2.75, 3.05) is 12.0 Å². The number of hydrogen-bond acceptors (Lipinski definition) is 5. The SMILES string of the molecule is COc1ccc(/C=C2\C(=O)NC(=O)N(c3ccc(C)c(Cl)c3)C2=O)c(OCc2ccc(C)cc2)c1. The molecule has 7 nitrogen and oxygen atoms in total. The van der Waals surface area contributed by atoms with Gasteiger partial charge in [-0.1, -0.05) is 47.5 Å². The first-order valence-electron chi connectivity index (χ1n) is 10.8. The number of hydrogen-bond donors (Lipinski definition) is 1. The van der Waals surface area contributed by atoms with E-state index in [4.69, 9.17) is 21.1 Å². The van der Waals surface area contributed by atoms with Crippen LogP contribution < -0.4 is 19.7 Å². The third-order valence-electron chi connectivity index (χ3n) is 5.55. The standard InChI is InChI=1S/C27H23ClN2O5/c1-16-4-7-18(8-5-16)15-35-24-14-21(34-3)11-9-19(24)12-22-25(31)29-27(33)30(26(22)32)20-10-6-17(2)23(28)13-20/h4-14H,15H2,1-3H3,(H,29,31,33)/b22-12+. The number of methoxy groups -OCH3 is 1. The van der Waals surface area contributed by atoms with E-state index in [0.29, 0.717) is 22.1 Å². The zero-order valence-electron chi connectivity index (χ0n) is 19.4. The van der Waals surface area contributed by atoms with Crippen LogP contribution in [0.5, 0.6) is 11.5 Å². The maximum absolute atomic E-state index is 13.3. The molecule has 1 aliphatic rings. The fourth-order valence-electron chi connectivity index (χ4n) is 3.50. The predicted octanol–water partition coefficient (Wildman–Crippen LogP) is 5.21. The molecule has 0 bridgehead atoms. The van der Waals surface area contributed by atoms with Gasteiger partial charge in [-0.05, 0) is 55.3 Å². The number of ether oxygens (including phenoxy) is 2. The molecular formula is C27H23ClN2O5. The molecule has 1 heterocycles. The molecule has 8 heteroatoms. The lowest BCUT2D eigenvalue weighted by atomic mass is 10.1. The monoisotopic (exact) mass is 490 g/mol. The number of nitrogens with one attached hydrogen (secondary N) is 1. The van der Waals surface area contributed by atoms with Crippen LogP contribution >= 0.6 is 11.6 Å². The van der Waals surface area contributed by atoms with Crippen LogP contribution in [0.4, 0.5) is 10.5 Å². The number of aryl methyl sites for hydroxylation is 2. The second kappa shape index (κ2) is 10.0. The van der Waals surface area contributed by atoms with Crippen molar-refractivity contribution < 1.29 is 23.9 Å². The fourth-order valence-corrected chi connectivity index (χ4v) is 3.67. The molecule has 1 aliphatic heterocycles.